The first-order valence-electron chi connectivity index (χ1n) is 8.23. The summed E-state index contributed by atoms with van der Waals surface area (Å²) < 4.78 is 13.3. The second-order valence-corrected chi connectivity index (χ2v) is 6.64. The summed E-state index contributed by atoms with van der Waals surface area (Å²) in [7, 11) is 1.95. The molecule has 0 aromatic heterocycles. The minimum atomic E-state index is -0.247. The Bertz CT molecular complexity index is 719. The number of benzene rings is 2. The van der Waals surface area contributed by atoms with Gasteiger partial charge in [-0.15, -0.1) is 0 Å². The summed E-state index contributed by atoms with van der Waals surface area (Å²) in [4.78, 5) is 13.6. The van der Waals surface area contributed by atoms with E-state index in [-0.39, 0.29) is 17.8 Å². The predicted octanol–water partition coefficient (Wildman–Crippen LogP) is 2.79. The van der Waals surface area contributed by atoms with Crippen LogP contribution in [0, 0.1) is 26.6 Å². The lowest BCUT2D eigenvalue weighted by Gasteiger charge is -2.22. The average Bonchev–Trinajstić information content (AvgIpc) is 2.49. The van der Waals surface area contributed by atoms with E-state index in [9.17, 15) is 9.18 Å². The monoisotopic (exact) mass is 329 g/mol. The molecule has 0 aliphatic heterocycles. The Kier molecular flexibility index (Phi) is 5.73. The molecule has 0 saturated heterocycles. The number of quaternary nitrogens is 1. The number of halogens is 1. The minimum Gasteiger partial charge on any atom is -0.324 e. The summed E-state index contributed by atoms with van der Waals surface area (Å²) in [5, 5.41) is 3.05. The Balaban J connectivity index is 2.06. The number of likely N-dealkylation sites (N-methyl/N-ethyl adjacent to an activating group) is 1. The number of rotatable bonds is 5. The highest BCUT2D eigenvalue weighted by molar-refractivity contribution is 5.95. The second-order valence-electron chi connectivity index (χ2n) is 6.64. The van der Waals surface area contributed by atoms with Gasteiger partial charge in [-0.05, 0) is 51.0 Å². The third kappa shape index (κ3) is 4.42. The lowest BCUT2D eigenvalue weighted by atomic mass is 10.0. The fourth-order valence-corrected chi connectivity index (χ4v) is 2.95. The number of anilines is 1. The normalized spacial score (nSPS) is 13.4. The molecule has 0 aliphatic rings. The van der Waals surface area contributed by atoms with Crippen LogP contribution in [0.2, 0.25) is 0 Å². The molecule has 128 valence electrons. The van der Waals surface area contributed by atoms with Gasteiger partial charge in [-0.25, -0.2) is 4.39 Å². The van der Waals surface area contributed by atoms with Crippen LogP contribution in [-0.2, 0) is 11.3 Å². The Morgan fingerprint density at radius 1 is 1.17 bits per heavy atom. The minimum absolute atomic E-state index is 0.0287. The zero-order valence-corrected chi connectivity index (χ0v) is 15.0. The van der Waals surface area contributed by atoms with Crippen molar-refractivity contribution in [3.05, 3.63) is 64.5 Å². The molecule has 2 aromatic carbocycles. The standard InChI is InChI=1S/C20H25FN2O/c1-13-9-14(2)19(15(3)10-13)22-20(24)16(4)23(5)12-17-7-6-8-18(21)11-17/h6-11,16H,12H2,1-5H3,(H,22,24)/p+1/t16-/m0/s1. The van der Waals surface area contributed by atoms with Gasteiger partial charge >= 0.3 is 0 Å². The summed E-state index contributed by atoms with van der Waals surface area (Å²) in [6.45, 7) is 8.54. The molecule has 3 nitrogen and oxygen atoms in total. The third-order valence-corrected chi connectivity index (χ3v) is 4.43. The van der Waals surface area contributed by atoms with Gasteiger partial charge in [0.2, 0.25) is 0 Å². The maximum atomic E-state index is 13.3. The topological polar surface area (TPSA) is 33.5 Å². The van der Waals surface area contributed by atoms with E-state index in [2.05, 4.69) is 17.4 Å². The van der Waals surface area contributed by atoms with Crippen molar-refractivity contribution in [1.82, 2.24) is 0 Å². The molecule has 0 aliphatic carbocycles. The van der Waals surface area contributed by atoms with E-state index in [0.717, 1.165) is 27.3 Å². The molecule has 0 radical (unpaired) electrons. The van der Waals surface area contributed by atoms with Crippen molar-refractivity contribution < 1.29 is 14.1 Å². The van der Waals surface area contributed by atoms with Crippen molar-refractivity contribution in [2.75, 3.05) is 12.4 Å². The van der Waals surface area contributed by atoms with Gasteiger partial charge in [0.25, 0.3) is 5.91 Å². The first-order chi connectivity index (χ1) is 11.3. The summed E-state index contributed by atoms with van der Waals surface area (Å²) >= 11 is 0. The van der Waals surface area contributed by atoms with E-state index in [1.165, 1.54) is 17.7 Å². The van der Waals surface area contributed by atoms with Gasteiger partial charge in [0.15, 0.2) is 6.04 Å². The molecule has 0 heterocycles. The highest BCUT2D eigenvalue weighted by Gasteiger charge is 2.23. The zero-order valence-electron chi connectivity index (χ0n) is 15.0. The van der Waals surface area contributed by atoms with E-state index in [4.69, 9.17) is 0 Å². The second kappa shape index (κ2) is 7.58. The maximum Gasteiger partial charge on any atom is 0.282 e. The molecule has 4 heteroatoms. The molecule has 0 fully saturated rings. The molecular formula is C20H26FN2O+. The lowest BCUT2D eigenvalue weighted by Crippen LogP contribution is -3.12. The van der Waals surface area contributed by atoms with E-state index in [1.54, 1.807) is 6.07 Å². The smallest absolute Gasteiger partial charge is 0.282 e. The largest absolute Gasteiger partial charge is 0.324 e. The van der Waals surface area contributed by atoms with E-state index in [0.29, 0.717) is 6.54 Å². The number of carbonyl (C=O) groups is 1. The average molecular weight is 329 g/mol. The third-order valence-electron chi connectivity index (χ3n) is 4.43. The van der Waals surface area contributed by atoms with Gasteiger partial charge in [-0.3, -0.25) is 4.79 Å². The fourth-order valence-electron chi connectivity index (χ4n) is 2.95. The Hall–Kier alpha value is -2.20. The van der Waals surface area contributed by atoms with Crippen molar-refractivity contribution in [2.45, 2.75) is 40.3 Å². The van der Waals surface area contributed by atoms with Crippen LogP contribution in [0.25, 0.3) is 0 Å². The quantitative estimate of drug-likeness (QED) is 0.869. The van der Waals surface area contributed by atoms with Crippen LogP contribution in [0.3, 0.4) is 0 Å². The summed E-state index contributed by atoms with van der Waals surface area (Å²) in [6.07, 6.45) is 0. The van der Waals surface area contributed by atoms with Crippen molar-refractivity contribution >= 4 is 11.6 Å². The summed E-state index contributed by atoms with van der Waals surface area (Å²) in [5.41, 5.74) is 5.09. The number of nitrogens with one attached hydrogen (secondary N) is 2. The molecular weight excluding hydrogens is 303 g/mol. The van der Waals surface area contributed by atoms with Gasteiger partial charge in [-0.1, -0.05) is 29.8 Å². The number of hydrogen-bond acceptors (Lipinski definition) is 1. The van der Waals surface area contributed by atoms with E-state index >= 15 is 0 Å². The predicted molar refractivity (Wildman–Crippen MR) is 95.7 cm³/mol. The van der Waals surface area contributed by atoms with Crippen LogP contribution in [0.5, 0.6) is 0 Å². The molecule has 0 spiro atoms. The highest BCUT2D eigenvalue weighted by Crippen LogP contribution is 2.21. The fraction of sp³-hybridized carbons (Fsp3) is 0.350. The molecule has 2 N–H and O–H groups in total. The molecule has 0 saturated carbocycles. The number of amides is 1. The molecule has 2 atom stereocenters. The van der Waals surface area contributed by atoms with Crippen molar-refractivity contribution in [3.63, 3.8) is 0 Å². The van der Waals surface area contributed by atoms with Crippen LogP contribution in [-0.4, -0.2) is 19.0 Å². The molecule has 2 aromatic rings. The summed E-state index contributed by atoms with van der Waals surface area (Å²) in [6, 6.07) is 10.4. The first-order valence-corrected chi connectivity index (χ1v) is 8.23. The van der Waals surface area contributed by atoms with Crippen molar-refractivity contribution in [1.29, 1.82) is 0 Å². The Morgan fingerprint density at radius 2 is 1.79 bits per heavy atom. The van der Waals surface area contributed by atoms with Crippen molar-refractivity contribution in [3.8, 4) is 0 Å². The Morgan fingerprint density at radius 3 is 2.38 bits per heavy atom. The maximum absolute atomic E-state index is 13.3. The first kappa shape index (κ1) is 18.1. The SMILES string of the molecule is Cc1cc(C)c(NC(=O)[C@H](C)[NH+](C)Cc2cccc(F)c2)c(C)c1. The number of aryl methyl sites for hydroxylation is 3. The number of hydrogen-bond donors (Lipinski definition) is 2. The molecule has 1 amide bonds. The summed E-state index contributed by atoms with van der Waals surface area (Å²) in [5.74, 6) is -0.276. The van der Waals surface area contributed by atoms with E-state index in [1.807, 2.05) is 40.8 Å². The van der Waals surface area contributed by atoms with Gasteiger partial charge < -0.3 is 10.2 Å². The lowest BCUT2D eigenvalue weighted by molar-refractivity contribution is -0.907. The molecule has 24 heavy (non-hydrogen) atoms. The Labute approximate surface area is 143 Å². The molecule has 2 rings (SSSR count). The van der Waals surface area contributed by atoms with Crippen LogP contribution in [0.15, 0.2) is 36.4 Å². The van der Waals surface area contributed by atoms with Gasteiger partial charge in [0.05, 0.1) is 7.05 Å². The van der Waals surface area contributed by atoms with Gasteiger partial charge in [-0.2, -0.15) is 0 Å². The van der Waals surface area contributed by atoms with E-state index < -0.39 is 0 Å². The van der Waals surface area contributed by atoms with Crippen LogP contribution >= 0.6 is 0 Å². The highest BCUT2D eigenvalue weighted by atomic mass is 19.1. The van der Waals surface area contributed by atoms with Crippen molar-refractivity contribution in [2.24, 2.45) is 0 Å². The number of carbonyl (C=O) groups excluding carboxylic acids is 1. The zero-order chi connectivity index (χ0) is 17.9. The molecule has 0 bridgehead atoms. The van der Waals surface area contributed by atoms with Gasteiger partial charge in [0, 0.05) is 11.3 Å². The van der Waals surface area contributed by atoms with Crippen LogP contribution in [0.1, 0.15) is 29.2 Å². The van der Waals surface area contributed by atoms with Gasteiger partial charge in [0.1, 0.15) is 12.4 Å². The van der Waals surface area contributed by atoms with Crippen LogP contribution < -0.4 is 10.2 Å². The van der Waals surface area contributed by atoms with Crippen LogP contribution in [0.4, 0.5) is 10.1 Å². The molecule has 1 unspecified atom stereocenters.